The van der Waals surface area contributed by atoms with E-state index < -0.39 is 5.97 Å². The van der Waals surface area contributed by atoms with Gasteiger partial charge in [-0.05, 0) is 37.2 Å². The molecule has 0 saturated carbocycles. The molecule has 0 atom stereocenters. The molecule has 5 nitrogen and oxygen atoms in total. The number of carboxylic acid groups (broad SMARTS) is 1. The summed E-state index contributed by atoms with van der Waals surface area (Å²) in [5.74, 6) is -0.666. The fourth-order valence-electron chi connectivity index (χ4n) is 1.70. The Morgan fingerprint density at radius 2 is 2.18 bits per heavy atom. The van der Waals surface area contributed by atoms with Crippen molar-refractivity contribution in [2.75, 3.05) is 18.4 Å². The molecule has 3 N–H and O–H groups in total. The molecule has 0 bridgehead atoms. The van der Waals surface area contributed by atoms with Crippen LogP contribution < -0.4 is 10.6 Å². The summed E-state index contributed by atoms with van der Waals surface area (Å²) in [6.07, 6.45) is 0.476. The number of hydrogen-bond donors (Lipinski definition) is 3. The number of anilines is 1. The second kappa shape index (κ2) is 4.97. The molecule has 1 amide bonds. The van der Waals surface area contributed by atoms with Crippen molar-refractivity contribution in [2.45, 2.75) is 6.42 Å². The zero-order chi connectivity index (χ0) is 12.3. The van der Waals surface area contributed by atoms with Crippen LogP contribution in [-0.4, -0.2) is 30.1 Å². The minimum absolute atomic E-state index is 0.0703. The number of aromatic carboxylic acids is 1. The molecule has 0 unspecified atom stereocenters. The summed E-state index contributed by atoms with van der Waals surface area (Å²) in [6, 6.07) is 6.25. The predicted molar refractivity (Wildman–Crippen MR) is 63.0 cm³/mol. The Labute approximate surface area is 98.8 Å². The van der Waals surface area contributed by atoms with E-state index in [1.54, 1.807) is 12.1 Å². The van der Waals surface area contributed by atoms with Gasteiger partial charge in [-0.15, -0.1) is 0 Å². The molecule has 1 saturated heterocycles. The van der Waals surface area contributed by atoms with Gasteiger partial charge >= 0.3 is 5.97 Å². The summed E-state index contributed by atoms with van der Waals surface area (Å²) in [6.45, 7) is 1.76. The Hall–Kier alpha value is -1.88. The van der Waals surface area contributed by atoms with Gasteiger partial charge in [-0.3, -0.25) is 4.79 Å². The standard InChI is InChI=1S/C12H14N2O3/c15-11(4-8-6-13-7-8)14-10-3-1-2-9(5-10)12(16)17/h1-3,5,8,13H,4,6-7H2,(H,14,15)(H,16,17). The molecule has 1 aromatic rings. The number of hydrogen-bond acceptors (Lipinski definition) is 3. The first-order valence-corrected chi connectivity index (χ1v) is 5.49. The van der Waals surface area contributed by atoms with Crippen LogP contribution in [0.4, 0.5) is 5.69 Å². The van der Waals surface area contributed by atoms with E-state index >= 15 is 0 Å². The minimum atomic E-state index is -0.996. The third kappa shape index (κ3) is 3.04. The van der Waals surface area contributed by atoms with Crippen LogP contribution in [-0.2, 0) is 4.79 Å². The number of carboxylic acids is 1. The van der Waals surface area contributed by atoms with Gasteiger partial charge in [-0.25, -0.2) is 4.79 Å². The van der Waals surface area contributed by atoms with Crippen LogP contribution in [0.5, 0.6) is 0 Å². The first kappa shape index (κ1) is 11.6. The fourth-order valence-corrected chi connectivity index (χ4v) is 1.70. The number of benzene rings is 1. The lowest BCUT2D eigenvalue weighted by molar-refractivity contribution is -0.117. The van der Waals surface area contributed by atoms with E-state index in [0.29, 0.717) is 18.0 Å². The number of nitrogens with one attached hydrogen (secondary N) is 2. The smallest absolute Gasteiger partial charge is 0.335 e. The Balaban J connectivity index is 1.95. The van der Waals surface area contributed by atoms with E-state index in [2.05, 4.69) is 10.6 Å². The van der Waals surface area contributed by atoms with Crippen molar-refractivity contribution in [1.29, 1.82) is 0 Å². The molecule has 0 aliphatic carbocycles. The van der Waals surface area contributed by atoms with E-state index in [1.807, 2.05) is 0 Å². The van der Waals surface area contributed by atoms with Gasteiger partial charge in [0.2, 0.25) is 5.91 Å². The molecular weight excluding hydrogens is 220 g/mol. The summed E-state index contributed by atoms with van der Waals surface area (Å²) in [5.41, 5.74) is 0.704. The van der Waals surface area contributed by atoms with E-state index in [9.17, 15) is 9.59 Å². The molecule has 1 heterocycles. The molecule has 0 radical (unpaired) electrons. The summed E-state index contributed by atoms with van der Waals surface area (Å²) in [4.78, 5) is 22.4. The zero-order valence-electron chi connectivity index (χ0n) is 9.27. The van der Waals surface area contributed by atoms with E-state index in [4.69, 9.17) is 5.11 Å². The van der Waals surface area contributed by atoms with E-state index in [1.165, 1.54) is 12.1 Å². The fraction of sp³-hybridized carbons (Fsp3) is 0.333. The van der Waals surface area contributed by atoms with Gasteiger partial charge in [0.05, 0.1) is 5.56 Å². The number of carbonyl (C=O) groups is 2. The molecule has 1 aliphatic rings. The van der Waals surface area contributed by atoms with Gasteiger partial charge < -0.3 is 15.7 Å². The Bertz CT molecular complexity index is 441. The third-order valence-electron chi connectivity index (χ3n) is 2.73. The summed E-state index contributed by atoms with van der Waals surface area (Å²) in [7, 11) is 0. The Kier molecular flexibility index (Phi) is 3.39. The van der Waals surface area contributed by atoms with Gasteiger partial charge in [0.15, 0.2) is 0 Å². The molecule has 90 valence electrons. The van der Waals surface area contributed by atoms with Crippen molar-refractivity contribution >= 4 is 17.6 Å². The predicted octanol–water partition coefficient (Wildman–Crippen LogP) is 0.933. The van der Waals surface area contributed by atoms with Crippen molar-refractivity contribution in [1.82, 2.24) is 5.32 Å². The molecule has 0 aromatic heterocycles. The lowest BCUT2D eigenvalue weighted by Gasteiger charge is -2.26. The third-order valence-corrected chi connectivity index (χ3v) is 2.73. The highest BCUT2D eigenvalue weighted by Crippen LogP contribution is 2.13. The minimum Gasteiger partial charge on any atom is -0.478 e. The SMILES string of the molecule is O=C(CC1CNC1)Nc1cccc(C(=O)O)c1. The monoisotopic (exact) mass is 234 g/mol. The van der Waals surface area contributed by atoms with Crippen LogP contribution >= 0.6 is 0 Å². The zero-order valence-corrected chi connectivity index (χ0v) is 9.27. The highest BCUT2D eigenvalue weighted by molar-refractivity contribution is 5.94. The molecule has 17 heavy (non-hydrogen) atoms. The van der Waals surface area contributed by atoms with Crippen LogP contribution in [0.15, 0.2) is 24.3 Å². The van der Waals surface area contributed by atoms with Gasteiger partial charge in [0.25, 0.3) is 0 Å². The topological polar surface area (TPSA) is 78.4 Å². The number of carbonyl (C=O) groups excluding carboxylic acids is 1. The molecule has 1 aliphatic heterocycles. The molecule has 5 heteroatoms. The van der Waals surface area contributed by atoms with Crippen molar-refractivity contribution in [3.8, 4) is 0 Å². The van der Waals surface area contributed by atoms with E-state index in [0.717, 1.165) is 13.1 Å². The lowest BCUT2D eigenvalue weighted by Crippen LogP contribution is -2.43. The Morgan fingerprint density at radius 3 is 2.76 bits per heavy atom. The van der Waals surface area contributed by atoms with Crippen molar-refractivity contribution in [3.63, 3.8) is 0 Å². The maximum Gasteiger partial charge on any atom is 0.335 e. The van der Waals surface area contributed by atoms with Crippen LogP contribution in [0, 0.1) is 5.92 Å². The van der Waals surface area contributed by atoms with Crippen LogP contribution in [0.3, 0.4) is 0 Å². The van der Waals surface area contributed by atoms with Crippen molar-refractivity contribution in [3.05, 3.63) is 29.8 Å². The second-order valence-electron chi connectivity index (χ2n) is 4.16. The summed E-state index contributed by atoms with van der Waals surface area (Å²) >= 11 is 0. The first-order chi connectivity index (χ1) is 8.15. The second-order valence-corrected chi connectivity index (χ2v) is 4.16. The van der Waals surface area contributed by atoms with Crippen molar-refractivity contribution in [2.24, 2.45) is 5.92 Å². The highest BCUT2D eigenvalue weighted by Gasteiger charge is 2.20. The van der Waals surface area contributed by atoms with Gasteiger partial charge in [-0.2, -0.15) is 0 Å². The molecule has 1 aromatic carbocycles. The summed E-state index contributed by atoms with van der Waals surface area (Å²) in [5, 5.41) is 14.6. The molecule has 0 spiro atoms. The van der Waals surface area contributed by atoms with Crippen molar-refractivity contribution < 1.29 is 14.7 Å². The quantitative estimate of drug-likeness (QED) is 0.724. The highest BCUT2D eigenvalue weighted by atomic mass is 16.4. The molecular formula is C12H14N2O3. The molecule has 1 fully saturated rings. The Morgan fingerprint density at radius 1 is 1.41 bits per heavy atom. The van der Waals surface area contributed by atoms with Crippen LogP contribution in [0.2, 0.25) is 0 Å². The average molecular weight is 234 g/mol. The van der Waals surface area contributed by atoms with Crippen LogP contribution in [0.25, 0.3) is 0 Å². The van der Waals surface area contributed by atoms with Gasteiger partial charge in [-0.1, -0.05) is 6.07 Å². The normalized spacial score (nSPS) is 15.1. The van der Waals surface area contributed by atoms with Gasteiger partial charge in [0, 0.05) is 12.1 Å². The number of rotatable bonds is 4. The maximum atomic E-state index is 11.6. The lowest BCUT2D eigenvalue weighted by atomic mass is 9.99. The number of amides is 1. The average Bonchev–Trinajstić information content (AvgIpc) is 2.24. The summed E-state index contributed by atoms with van der Waals surface area (Å²) < 4.78 is 0. The van der Waals surface area contributed by atoms with E-state index in [-0.39, 0.29) is 11.5 Å². The maximum absolute atomic E-state index is 11.6. The largest absolute Gasteiger partial charge is 0.478 e. The first-order valence-electron chi connectivity index (χ1n) is 5.49. The van der Waals surface area contributed by atoms with Gasteiger partial charge in [0.1, 0.15) is 0 Å². The molecule has 2 rings (SSSR count). The van der Waals surface area contributed by atoms with Crippen LogP contribution in [0.1, 0.15) is 16.8 Å².